The fourth-order valence-electron chi connectivity index (χ4n) is 1.57. The third kappa shape index (κ3) is 3.31. The van der Waals surface area contributed by atoms with Crippen LogP contribution in [0.4, 0.5) is 5.69 Å². The Kier molecular flexibility index (Phi) is 4.08. The Morgan fingerprint density at radius 1 is 1.19 bits per heavy atom. The van der Waals surface area contributed by atoms with E-state index in [2.05, 4.69) is 15.6 Å². The van der Waals surface area contributed by atoms with Crippen molar-refractivity contribution < 1.29 is 0 Å². The summed E-state index contributed by atoms with van der Waals surface area (Å²) in [6.45, 7) is 0. The Hall–Kier alpha value is -3.45. The second-order valence-corrected chi connectivity index (χ2v) is 4.05. The van der Waals surface area contributed by atoms with Gasteiger partial charge in [0, 0.05) is 18.7 Å². The monoisotopic (exact) mass is 278 g/mol. The lowest BCUT2D eigenvalue weighted by Gasteiger charge is -2.04. The van der Waals surface area contributed by atoms with Crippen LogP contribution in [0.5, 0.6) is 0 Å². The van der Waals surface area contributed by atoms with Crippen LogP contribution >= 0.6 is 0 Å². The summed E-state index contributed by atoms with van der Waals surface area (Å²) in [7, 11) is 1.59. The molecule has 0 aliphatic heterocycles. The summed E-state index contributed by atoms with van der Waals surface area (Å²) in [4.78, 5) is 11.3. The Labute approximate surface area is 120 Å². The van der Waals surface area contributed by atoms with Gasteiger partial charge in [0.2, 0.25) is 5.71 Å². The molecule has 1 aromatic heterocycles. The van der Waals surface area contributed by atoms with Crippen LogP contribution in [0.3, 0.4) is 0 Å². The van der Waals surface area contributed by atoms with Gasteiger partial charge in [0.25, 0.3) is 5.56 Å². The zero-order valence-corrected chi connectivity index (χ0v) is 11.1. The van der Waals surface area contributed by atoms with Gasteiger partial charge in [-0.05, 0) is 18.2 Å². The van der Waals surface area contributed by atoms with Crippen LogP contribution in [0.25, 0.3) is 11.3 Å². The van der Waals surface area contributed by atoms with E-state index >= 15 is 0 Å². The number of aryl methyl sites for hydroxylation is 1. The van der Waals surface area contributed by atoms with Crippen molar-refractivity contribution in [2.75, 3.05) is 5.43 Å². The number of hydrogen-bond donors (Lipinski definition) is 1. The molecular weight excluding hydrogens is 268 g/mol. The van der Waals surface area contributed by atoms with Crippen molar-refractivity contribution in [2.24, 2.45) is 12.1 Å². The van der Waals surface area contributed by atoms with Gasteiger partial charge in [0.05, 0.1) is 11.4 Å². The van der Waals surface area contributed by atoms with Crippen molar-refractivity contribution in [2.45, 2.75) is 0 Å². The van der Waals surface area contributed by atoms with Crippen molar-refractivity contribution in [3.8, 4) is 23.4 Å². The highest BCUT2D eigenvalue weighted by Gasteiger charge is 2.01. The van der Waals surface area contributed by atoms with Gasteiger partial charge in [-0.2, -0.15) is 20.7 Å². The van der Waals surface area contributed by atoms with Gasteiger partial charge in [-0.3, -0.25) is 10.2 Å². The molecule has 0 bridgehead atoms. The summed E-state index contributed by atoms with van der Waals surface area (Å²) in [5, 5.41) is 24.9. The molecule has 21 heavy (non-hydrogen) atoms. The van der Waals surface area contributed by atoms with Crippen LogP contribution in [0.2, 0.25) is 0 Å². The highest BCUT2D eigenvalue weighted by atomic mass is 16.1. The number of nitrogens with zero attached hydrogens (tertiary/aromatic N) is 5. The molecular formula is C14H10N6O. The smallest absolute Gasteiger partial charge is 0.266 e. The standard InChI is InChI=1S/C14H10N6O/c1-20-14(21)7-6-13(19-20)10-2-4-11(5-3-10)17-18-12(8-15)9-16/h2-7,17H,1H3. The molecule has 0 unspecified atom stereocenters. The summed E-state index contributed by atoms with van der Waals surface area (Å²) >= 11 is 0. The van der Waals surface area contributed by atoms with Crippen LogP contribution in [0.1, 0.15) is 0 Å². The second-order valence-electron chi connectivity index (χ2n) is 4.05. The van der Waals surface area contributed by atoms with E-state index in [1.165, 1.54) is 10.7 Å². The van der Waals surface area contributed by atoms with Gasteiger partial charge in [0.1, 0.15) is 12.1 Å². The number of rotatable bonds is 3. The minimum absolute atomic E-state index is 0.174. The summed E-state index contributed by atoms with van der Waals surface area (Å²) < 4.78 is 1.26. The first-order valence-corrected chi connectivity index (χ1v) is 5.93. The van der Waals surface area contributed by atoms with Crippen LogP contribution < -0.4 is 11.0 Å². The van der Waals surface area contributed by atoms with Gasteiger partial charge in [-0.25, -0.2) is 4.68 Å². The van der Waals surface area contributed by atoms with E-state index in [0.717, 1.165) is 5.56 Å². The van der Waals surface area contributed by atoms with E-state index in [9.17, 15) is 4.79 Å². The lowest BCUT2D eigenvalue weighted by atomic mass is 10.1. The molecule has 1 aromatic carbocycles. The fourth-order valence-corrected chi connectivity index (χ4v) is 1.57. The molecule has 7 heteroatoms. The highest BCUT2D eigenvalue weighted by Crippen LogP contribution is 2.18. The molecule has 0 spiro atoms. The molecule has 0 radical (unpaired) electrons. The Morgan fingerprint density at radius 3 is 2.43 bits per heavy atom. The van der Waals surface area contributed by atoms with E-state index in [-0.39, 0.29) is 11.3 Å². The average Bonchev–Trinajstić information content (AvgIpc) is 2.52. The highest BCUT2D eigenvalue weighted by molar-refractivity contribution is 6.10. The number of hydrazone groups is 1. The van der Waals surface area contributed by atoms with Crippen molar-refractivity contribution in [1.29, 1.82) is 10.5 Å². The zero-order valence-electron chi connectivity index (χ0n) is 11.1. The molecule has 0 aliphatic rings. The predicted octanol–water partition coefficient (Wildman–Crippen LogP) is 1.26. The summed E-state index contributed by atoms with van der Waals surface area (Å²) in [5.41, 5.74) is 4.32. The summed E-state index contributed by atoms with van der Waals surface area (Å²) in [5.74, 6) is 0. The Balaban J connectivity index is 2.21. The lowest BCUT2D eigenvalue weighted by Crippen LogP contribution is -2.18. The van der Waals surface area contributed by atoms with E-state index < -0.39 is 0 Å². The molecule has 0 atom stereocenters. The third-order valence-corrected chi connectivity index (χ3v) is 2.65. The molecule has 1 heterocycles. The van der Waals surface area contributed by atoms with E-state index in [4.69, 9.17) is 10.5 Å². The SMILES string of the molecule is Cn1nc(-c2ccc(NN=C(C#N)C#N)cc2)ccc1=O. The first kappa shape index (κ1) is 14.0. The summed E-state index contributed by atoms with van der Waals surface area (Å²) in [6.07, 6.45) is 0. The Bertz CT molecular complexity index is 804. The van der Waals surface area contributed by atoms with Crippen molar-refractivity contribution >= 4 is 11.4 Å². The number of aromatic nitrogens is 2. The van der Waals surface area contributed by atoms with Gasteiger partial charge in [0.15, 0.2) is 0 Å². The minimum atomic E-state index is -0.251. The topological polar surface area (TPSA) is 107 Å². The molecule has 7 nitrogen and oxygen atoms in total. The molecule has 0 amide bonds. The number of benzene rings is 1. The van der Waals surface area contributed by atoms with Crippen LogP contribution in [-0.2, 0) is 7.05 Å². The predicted molar refractivity (Wildman–Crippen MR) is 77.2 cm³/mol. The molecule has 0 saturated heterocycles. The molecule has 0 aliphatic carbocycles. The molecule has 2 rings (SSSR count). The largest absolute Gasteiger partial charge is 0.277 e. The first-order valence-electron chi connectivity index (χ1n) is 5.93. The molecule has 0 fully saturated rings. The molecule has 1 N–H and O–H groups in total. The second kappa shape index (κ2) is 6.13. The number of anilines is 1. The van der Waals surface area contributed by atoms with Crippen LogP contribution in [-0.4, -0.2) is 15.5 Å². The number of nitrogens with one attached hydrogen (secondary N) is 1. The quantitative estimate of drug-likeness (QED) is 0.671. The van der Waals surface area contributed by atoms with E-state index in [1.807, 2.05) is 0 Å². The maximum Gasteiger partial charge on any atom is 0.266 e. The van der Waals surface area contributed by atoms with Crippen LogP contribution in [0.15, 0.2) is 46.3 Å². The Morgan fingerprint density at radius 2 is 1.86 bits per heavy atom. The van der Waals surface area contributed by atoms with Crippen molar-refractivity contribution in [3.63, 3.8) is 0 Å². The van der Waals surface area contributed by atoms with Crippen molar-refractivity contribution in [1.82, 2.24) is 9.78 Å². The maximum absolute atomic E-state index is 11.3. The van der Waals surface area contributed by atoms with Crippen molar-refractivity contribution in [3.05, 3.63) is 46.8 Å². The zero-order chi connectivity index (χ0) is 15.2. The minimum Gasteiger partial charge on any atom is -0.277 e. The van der Waals surface area contributed by atoms with Crippen LogP contribution in [0, 0.1) is 22.7 Å². The fraction of sp³-hybridized carbons (Fsp3) is 0.0714. The first-order chi connectivity index (χ1) is 10.1. The van der Waals surface area contributed by atoms with E-state index in [1.54, 1.807) is 49.5 Å². The summed E-state index contributed by atoms with van der Waals surface area (Å²) in [6, 6.07) is 13.5. The third-order valence-electron chi connectivity index (χ3n) is 2.65. The maximum atomic E-state index is 11.3. The average molecular weight is 278 g/mol. The lowest BCUT2D eigenvalue weighted by molar-refractivity contribution is 0.712. The van der Waals surface area contributed by atoms with E-state index in [0.29, 0.717) is 11.4 Å². The normalized spacial score (nSPS) is 9.29. The number of nitriles is 2. The molecule has 0 saturated carbocycles. The molecule has 2 aromatic rings. The van der Waals surface area contributed by atoms with Gasteiger partial charge in [-0.15, -0.1) is 0 Å². The van der Waals surface area contributed by atoms with Gasteiger partial charge < -0.3 is 0 Å². The van der Waals surface area contributed by atoms with Gasteiger partial charge >= 0.3 is 0 Å². The van der Waals surface area contributed by atoms with Gasteiger partial charge in [-0.1, -0.05) is 12.1 Å². The molecule has 102 valence electrons. The number of hydrogen-bond acceptors (Lipinski definition) is 6.